The molecule has 0 radical (unpaired) electrons. The summed E-state index contributed by atoms with van der Waals surface area (Å²) < 4.78 is 103. The monoisotopic (exact) mass is 1740 g/mol. The molecule has 0 aliphatic carbocycles. The molecule has 3 aromatic carbocycles. The van der Waals surface area contributed by atoms with E-state index in [0.29, 0.717) is 11.1 Å². The molecular formula is C87H107NO34S. The minimum Gasteiger partial charge on any atom is -0.462 e. The van der Waals surface area contributed by atoms with E-state index in [0.717, 1.165) is 76.6 Å². The minimum absolute atomic E-state index is 0.0298. The average molecular weight is 1740 g/mol. The summed E-state index contributed by atoms with van der Waals surface area (Å²) in [7, 11) is 0. The van der Waals surface area contributed by atoms with Gasteiger partial charge in [0.2, 0.25) is 5.78 Å². The SMILES string of the molecule is C/C(=N\OC(=O)c1ccccc1)C(=O)c1ccc(Sc2ccccc2)cc1.C=CC(=O)OCC(CO)(COCC(COC(=O)C=C)(COC(=O)C=C)COC(=O)C=C)COC(=O)C=C.C=CC(=O)OCCOCC(COCCOC(=O)C=C)(COCCOC(=O)C=C)COCC(COCCOC(=O)C=C)(COCCOC(=O)C=C)COCCOC(=O)C=C. The zero-order valence-electron chi connectivity index (χ0n) is 68.8. The third kappa shape index (κ3) is 49.9. The molecule has 3 rings (SSSR count). The highest BCUT2D eigenvalue weighted by atomic mass is 32.2. The van der Waals surface area contributed by atoms with Gasteiger partial charge in [-0.3, -0.25) is 4.79 Å². The van der Waals surface area contributed by atoms with E-state index < -0.39 is 133 Å². The van der Waals surface area contributed by atoms with Crippen LogP contribution in [-0.4, -0.2) is 273 Å². The van der Waals surface area contributed by atoms with Gasteiger partial charge >= 0.3 is 71.6 Å². The van der Waals surface area contributed by atoms with E-state index in [2.05, 4.69) is 77.5 Å². The lowest BCUT2D eigenvalue weighted by atomic mass is 9.90. The topological polar surface area (TPSA) is 439 Å². The zero-order valence-corrected chi connectivity index (χ0v) is 69.6. The van der Waals surface area contributed by atoms with E-state index in [9.17, 15) is 67.4 Å². The van der Waals surface area contributed by atoms with E-state index in [1.54, 1.807) is 54.2 Å². The third-order valence-corrected chi connectivity index (χ3v) is 16.4. The van der Waals surface area contributed by atoms with Crippen LogP contribution in [0.3, 0.4) is 0 Å². The molecule has 35 nitrogen and oxygen atoms in total. The van der Waals surface area contributed by atoms with Crippen LogP contribution < -0.4 is 0 Å². The van der Waals surface area contributed by atoms with Gasteiger partial charge in [0.25, 0.3) is 0 Å². The molecule has 0 bridgehead atoms. The highest BCUT2D eigenvalue weighted by Gasteiger charge is 2.41. The van der Waals surface area contributed by atoms with Crippen molar-refractivity contribution in [2.75, 3.05) is 185 Å². The fourth-order valence-electron chi connectivity index (χ4n) is 8.97. The quantitative estimate of drug-likeness (QED) is 0.00845. The van der Waals surface area contributed by atoms with Crippen LogP contribution >= 0.6 is 11.8 Å². The summed E-state index contributed by atoms with van der Waals surface area (Å²) in [5.41, 5.74) is -4.09. The van der Waals surface area contributed by atoms with Crippen molar-refractivity contribution in [3.63, 3.8) is 0 Å². The number of oxime groups is 1. The molecule has 0 spiro atoms. The van der Waals surface area contributed by atoms with Crippen LogP contribution in [-0.2, 0) is 148 Å². The van der Waals surface area contributed by atoms with Gasteiger partial charge in [0.15, 0.2) is 0 Å². The lowest BCUT2D eigenvalue weighted by molar-refractivity contribution is -0.167. The van der Waals surface area contributed by atoms with Crippen LogP contribution in [0, 0.1) is 21.7 Å². The fourth-order valence-corrected chi connectivity index (χ4v) is 9.81. The largest absolute Gasteiger partial charge is 0.462 e. The van der Waals surface area contributed by atoms with Crippen molar-refractivity contribution in [3.8, 4) is 0 Å². The number of ether oxygens (including phenoxy) is 19. The van der Waals surface area contributed by atoms with E-state index in [-0.39, 0.29) is 157 Å². The molecule has 670 valence electrons. The van der Waals surface area contributed by atoms with Crippen molar-refractivity contribution >= 4 is 94.9 Å². The molecule has 0 amide bonds. The molecule has 3 aromatic rings. The van der Waals surface area contributed by atoms with Crippen LogP contribution in [0.4, 0.5) is 0 Å². The van der Waals surface area contributed by atoms with Crippen molar-refractivity contribution < 1.29 is 162 Å². The molecule has 0 aromatic heterocycles. The van der Waals surface area contributed by atoms with E-state index in [1.807, 2.05) is 42.5 Å². The number of Topliss-reactive ketones (excluding diaryl/α,β-unsaturated/α-hetero) is 1. The number of aliphatic hydroxyl groups is 1. The summed E-state index contributed by atoms with van der Waals surface area (Å²) in [5.74, 6) is -8.77. The Balaban J connectivity index is 0.00000100. The summed E-state index contributed by atoms with van der Waals surface area (Å²) >= 11 is 1.62. The molecule has 0 fully saturated rings. The second kappa shape index (κ2) is 65.5. The second-order valence-corrected chi connectivity index (χ2v) is 26.6. The maximum absolute atomic E-state index is 12.4. The van der Waals surface area contributed by atoms with Gasteiger partial charge in [-0.25, -0.2) is 57.5 Å². The van der Waals surface area contributed by atoms with Crippen molar-refractivity contribution in [2.24, 2.45) is 26.8 Å². The molecule has 0 aliphatic rings. The highest BCUT2D eigenvalue weighted by Crippen LogP contribution is 2.30. The lowest BCUT2D eigenvalue weighted by Crippen LogP contribution is -2.46. The Morgan fingerprint density at radius 1 is 0.285 bits per heavy atom. The maximum Gasteiger partial charge on any atom is 0.365 e. The number of rotatable bonds is 66. The van der Waals surface area contributed by atoms with Crippen LogP contribution in [0.1, 0.15) is 27.6 Å². The third-order valence-electron chi connectivity index (χ3n) is 15.4. The van der Waals surface area contributed by atoms with Crippen molar-refractivity contribution in [1.82, 2.24) is 0 Å². The standard InChI is InChI=1S/C40H58O19.C25H32O12.C22H17NO3S/c1-7-33(41)54-19-13-47-25-39(26-48-14-20-55-34(42)8-2,27-49-15-21-56-35(43)9-3)31-53-32-40(28-50-16-22-57-36(44)10-4,29-51-17-23-58-37(45)11-5)30-52-18-24-59-38(46)12-6;1-6-19(27)33-14-24(11-26,15-34-20(28)7-2)12-32-13-25(16-35-21(29)8-3,17-36-22(30)9-4)18-37-23(31)10-5;1-16(23-26-22(25)18-8-4-2-5-9-18)21(24)17-12-14-20(15-13-17)27-19-10-6-3-7-11-19/h7-12H,1-6,13-32H2;6-10,26H,1-5,11-18H2;2-15H,1H3/b;;23-16+. The molecule has 0 aliphatic heterocycles. The smallest absolute Gasteiger partial charge is 0.365 e. The van der Waals surface area contributed by atoms with Gasteiger partial charge in [0, 0.05) is 82.2 Å². The summed E-state index contributed by atoms with van der Waals surface area (Å²) in [6.07, 6.45) is 10.6. The molecule has 123 heavy (non-hydrogen) atoms. The number of benzene rings is 3. The van der Waals surface area contributed by atoms with Crippen LogP contribution in [0.5, 0.6) is 0 Å². The number of aliphatic hydroxyl groups excluding tert-OH is 1. The van der Waals surface area contributed by atoms with Crippen LogP contribution in [0.25, 0.3) is 0 Å². The molecule has 0 saturated heterocycles. The second-order valence-electron chi connectivity index (χ2n) is 25.4. The molecule has 0 atom stereocenters. The Labute approximate surface area is 717 Å². The number of carbonyl (C=O) groups excluding carboxylic acids is 13. The van der Waals surface area contributed by atoms with Crippen molar-refractivity contribution in [3.05, 3.63) is 235 Å². The zero-order chi connectivity index (χ0) is 91.4. The highest BCUT2D eigenvalue weighted by molar-refractivity contribution is 7.99. The van der Waals surface area contributed by atoms with Gasteiger partial charge in [-0.15, -0.1) is 0 Å². The first kappa shape index (κ1) is 109. The summed E-state index contributed by atoms with van der Waals surface area (Å²) in [4.78, 5) is 159. The number of nitrogens with zero attached hydrogens (tertiary/aromatic N) is 1. The van der Waals surface area contributed by atoms with Crippen molar-refractivity contribution in [2.45, 2.75) is 16.7 Å². The number of esters is 11. The van der Waals surface area contributed by atoms with E-state index in [4.69, 9.17) is 94.8 Å². The van der Waals surface area contributed by atoms with E-state index >= 15 is 0 Å². The Morgan fingerprint density at radius 2 is 0.512 bits per heavy atom. The summed E-state index contributed by atoms with van der Waals surface area (Å²) in [5, 5.41) is 13.7. The summed E-state index contributed by atoms with van der Waals surface area (Å²) in [6, 6.07) is 25.8. The first-order chi connectivity index (χ1) is 59.1. The van der Waals surface area contributed by atoms with Crippen LogP contribution in [0.15, 0.2) is 239 Å². The average Bonchev–Trinajstić information content (AvgIpc) is 1.23. The number of ketones is 1. The minimum atomic E-state index is -1.44. The molecule has 0 saturated carbocycles. The van der Waals surface area contributed by atoms with E-state index in [1.165, 1.54) is 6.92 Å². The predicted octanol–water partition coefficient (Wildman–Crippen LogP) is 7.32. The first-order valence-electron chi connectivity index (χ1n) is 37.2. The Kier molecular flexibility index (Phi) is 58.0. The molecule has 36 heteroatoms. The molecule has 0 unspecified atom stereocenters. The maximum atomic E-state index is 12.4. The fraction of sp³-hybridized carbons (Fsp3) is 0.379. The lowest BCUT2D eigenvalue weighted by Gasteiger charge is -2.36. The normalized spacial score (nSPS) is 10.9. The van der Waals surface area contributed by atoms with Gasteiger partial charge in [-0.05, 0) is 55.5 Å². The molecule has 0 heterocycles. The number of hydrogen-bond acceptors (Lipinski definition) is 36. The number of carbonyl (C=O) groups is 13. The molecular weight excluding hydrogens is 1630 g/mol. The van der Waals surface area contributed by atoms with Gasteiger partial charge in [-0.2, -0.15) is 0 Å². The van der Waals surface area contributed by atoms with Gasteiger partial charge in [0.05, 0.1) is 140 Å². The first-order valence-corrected chi connectivity index (χ1v) is 38.1. The van der Waals surface area contributed by atoms with Gasteiger partial charge in [0.1, 0.15) is 78.4 Å². The molecule has 1 N–H and O–H groups in total. The Morgan fingerprint density at radius 3 is 0.780 bits per heavy atom. The summed E-state index contributed by atoms with van der Waals surface area (Å²) in [6.45, 7) is 33.1. The Bertz CT molecular complexity index is 3620. The Hall–Kier alpha value is -12.2. The van der Waals surface area contributed by atoms with Gasteiger partial charge in [-0.1, -0.05) is 126 Å². The van der Waals surface area contributed by atoms with Gasteiger partial charge < -0.3 is 99.9 Å². The van der Waals surface area contributed by atoms with Crippen LogP contribution in [0.2, 0.25) is 0 Å². The van der Waals surface area contributed by atoms with Crippen molar-refractivity contribution in [1.29, 1.82) is 0 Å². The predicted molar refractivity (Wildman–Crippen MR) is 442 cm³/mol. The number of hydrogen-bond donors (Lipinski definition) is 1.